The molecule has 30 heavy (non-hydrogen) atoms. The van der Waals surface area contributed by atoms with E-state index in [4.69, 9.17) is 4.74 Å². The van der Waals surface area contributed by atoms with Gasteiger partial charge in [-0.05, 0) is 30.2 Å². The molecule has 1 amide bonds. The predicted octanol–water partition coefficient (Wildman–Crippen LogP) is 2.28. The molecule has 4 N–H and O–H groups in total. The molecule has 0 aliphatic carbocycles. The van der Waals surface area contributed by atoms with E-state index < -0.39 is 6.04 Å². The van der Waals surface area contributed by atoms with Crippen LogP contribution in [0.1, 0.15) is 43.0 Å². The van der Waals surface area contributed by atoms with Gasteiger partial charge in [-0.1, -0.05) is 43.7 Å². The maximum Gasteiger partial charge on any atom is 0.242 e. The fourth-order valence-corrected chi connectivity index (χ4v) is 4.57. The molecule has 0 saturated carbocycles. The lowest BCUT2D eigenvalue weighted by molar-refractivity contribution is -0.131. The number of aliphatic hydroxyl groups is 1. The largest absolute Gasteiger partial charge is 0.508 e. The number of nitrogens with one attached hydrogen (secondary N) is 2. The molecule has 0 aromatic heterocycles. The Morgan fingerprint density at radius 1 is 1.07 bits per heavy atom. The summed E-state index contributed by atoms with van der Waals surface area (Å²) < 4.78 is 5.77. The number of phenolic OH excluding ortho intramolecular Hbond substituents is 1. The van der Waals surface area contributed by atoms with Crippen molar-refractivity contribution in [1.29, 1.82) is 0 Å². The zero-order chi connectivity index (χ0) is 21.1. The Morgan fingerprint density at radius 2 is 1.80 bits per heavy atom. The number of hydrazine groups is 1. The minimum absolute atomic E-state index is 0.0484. The summed E-state index contributed by atoms with van der Waals surface area (Å²) in [5.41, 5.74) is 8.06. The van der Waals surface area contributed by atoms with Crippen LogP contribution >= 0.6 is 0 Å². The van der Waals surface area contributed by atoms with Crippen LogP contribution < -0.4 is 15.6 Å². The average Bonchev–Trinajstić information content (AvgIpc) is 3.29. The summed E-state index contributed by atoms with van der Waals surface area (Å²) in [5.74, 6) is 0.822. The van der Waals surface area contributed by atoms with Gasteiger partial charge >= 0.3 is 0 Å². The van der Waals surface area contributed by atoms with Gasteiger partial charge in [0.05, 0.1) is 25.3 Å². The van der Waals surface area contributed by atoms with Crippen molar-refractivity contribution < 1.29 is 19.7 Å². The number of aliphatic hydroxyl groups excluding tert-OH is 1. The highest BCUT2D eigenvalue weighted by molar-refractivity contribution is 5.86. The summed E-state index contributed by atoms with van der Waals surface area (Å²) in [5, 5.41) is 20.0. The van der Waals surface area contributed by atoms with Crippen LogP contribution in [0.3, 0.4) is 0 Å². The van der Waals surface area contributed by atoms with Gasteiger partial charge in [-0.2, -0.15) is 0 Å². The second kappa shape index (κ2) is 9.04. The minimum Gasteiger partial charge on any atom is -0.508 e. The molecule has 2 fully saturated rings. The van der Waals surface area contributed by atoms with Gasteiger partial charge in [-0.15, -0.1) is 0 Å². The molecule has 160 valence electrons. The number of benzene rings is 2. The number of fused-ring (bicyclic) bond motifs is 1. The molecular weight excluding hydrogens is 382 g/mol. The number of amides is 1. The Labute approximate surface area is 176 Å². The molecular formula is C23H29N3O4. The summed E-state index contributed by atoms with van der Waals surface area (Å²) in [6.07, 6.45) is 2.08. The molecule has 2 aromatic rings. The molecule has 2 saturated heterocycles. The Kier molecular flexibility index (Phi) is 6.22. The van der Waals surface area contributed by atoms with E-state index in [1.54, 1.807) is 17.0 Å². The van der Waals surface area contributed by atoms with Crippen molar-refractivity contribution in [1.82, 2.24) is 15.8 Å². The monoisotopic (exact) mass is 411 g/mol. The number of carbonyl (C=O) groups is 1. The molecule has 2 aliphatic heterocycles. The van der Waals surface area contributed by atoms with Gasteiger partial charge in [0.2, 0.25) is 5.91 Å². The van der Waals surface area contributed by atoms with Crippen LogP contribution in [0, 0.1) is 5.92 Å². The fraction of sp³-hybridized carbons (Fsp3) is 0.435. The first-order valence-electron chi connectivity index (χ1n) is 10.6. The third-order valence-corrected chi connectivity index (χ3v) is 6.01. The molecule has 2 aromatic carbocycles. The smallest absolute Gasteiger partial charge is 0.242 e. The second-order valence-corrected chi connectivity index (χ2v) is 7.85. The molecule has 4 atom stereocenters. The van der Waals surface area contributed by atoms with Gasteiger partial charge in [0.25, 0.3) is 0 Å². The zero-order valence-electron chi connectivity index (χ0n) is 17.1. The number of phenols is 1. The van der Waals surface area contributed by atoms with E-state index in [9.17, 15) is 15.0 Å². The second-order valence-electron chi connectivity index (χ2n) is 7.85. The molecule has 2 aliphatic rings. The van der Waals surface area contributed by atoms with Gasteiger partial charge in [0, 0.05) is 18.0 Å². The van der Waals surface area contributed by atoms with Gasteiger partial charge < -0.3 is 19.8 Å². The molecule has 0 bridgehead atoms. The molecule has 2 heterocycles. The number of aromatic hydroxyl groups is 1. The third-order valence-electron chi connectivity index (χ3n) is 6.01. The number of unbranched alkanes of at least 4 members (excludes halogenated alkanes) is 1. The number of para-hydroxylation sites is 1. The van der Waals surface area contributed by atoms with Crippen LogP contribution in [0.5, 0.6) is 11.5 Å². The summed E-state index contributed by atoms with van der Waals surface area (Å²) in [4.78, 5) is 14.8. The van der Waals surface area contributed by atoms with E-state index in [-0.39, 0.29) is 42.8 Å². The van der Waals surface area contributed by atoms with Crippen LogP contribution in [0.15, 0.2) is 48.5 Å². The number of rotatable bonds is 8. The number of β-amino-alcohol motifs (C(OH)–C–C–N with tert-alkyl or cyclic N) is 1. The lowest BCUT2D eigenvalue weighted by Crippen LogP contribution is -2.42. The highest BCUT2D eigenvalue weighted by atomic mass is 16.5. The number of hydrogen-bond acceptors (Lipinski definition) is 6. The number of carbonyl (C=O) groups excluding carboxylic acids is 1. The van der Waals surface area contributed by atoms with Crippen molar-refractivity contribution in [3.05, 3.63) is 59.7 Å². The number of hydrogen-bond donors (Lipinski definition) is 4. The maximum atomic E-state index is 13.1. The lowest BCUT2D eigenvalue weighted by atomic mass is 9.83. The Balaban J connectivity index is 1.65. The Morgan fingerprint density at radius 3 is 2.50 bits per heavy atom. The highest BCUT2D eigenvalue weighted by Crippen LogP contribution is 2.48. The van der Waals surface area contributed by atoms with Crippen molar-refractivity contribution in [2.24, 2.45) is 5.92 Å². The standard InChI is InChI=1S/C23H29N3O4/c1-2-3-14-30-16-10-8-15(9-11-16)22-19-20(17-6-4-5-7-18(17)28)24-25-21(19)23(29)26(22)12-13-27/h4-11,19-22,24-25,27-28H,2-3,12-14H2,1H3. The van der Waals surface area contributed by atoms with Crippen LogP contribution in [0.25, 0.3) is 0 Å². The van der Waals surface area contributed by atoms with E-state index in [1.807, 2.05) is 36.4 Å². The molecule has 4 rings (SSSR count). The number of likely N-dealkylation sites (tertiary alicyclic amines) is 1. The molecule has 7 nitrogen and oxygen atoms in total. The fourth-order valence-electron chi connectivity index (χ4n) is 4.57. The van der Waals surface area contributed by atoms with Gasteiger partial charge in [0.15, 0.2) is 0 Å². The van der Waals surface area contributed by atoms with E-state index >= 15 is 0 Å². The van der Waals surface area contributed by atoms with Crippen molar-refractivity contribution >= 4 is 5.91 Å². The number of ether oxygens (including phenoxy) is 1. The highest BCUT2D eigenvalue weighted by Gasteiger charge is 2.55. The molecule has 0 spiro atoms. The average molecular weight is 412 g/mol. The summed E-state index contributed by atoms with van der Waals surface area (Å²) >= 11 is 0. The quantitative estimate of drug-likeness (QED) is 0.498. The maximum absolute atomic E-state index is 13.1. The van der Waals surface area contributed by atoms with Crippen LogP contribution in [-0.2, 0) is 4.79 Å². The molecule has 7 heteroatoms. The van der Waals surface area contributed by atoms with Crippen LogP contribution in [0.4, 0.5) is 0 Å². The van der Waals surface area contributed by atoms with Crippen molar-refractivity contribution in [2.75, 3.05) is 19.8 Å². The predicted molar refractivity (Wildman–Crippen MR) is 113 cm³/mol. The van der Waals surface area contributed by atoms with Gasteiger partial charge in [-0.3, -0.25) is 4.79 Å². The first kappa shape index (κ1) is 20.7. The van der Waals surface area contributed by atoms with Crippen molar-refractivity contribution in [2.45, 2.75) is 37.9 Å². The summed E-state index contributed by atoms with van der Waals surface area (Å²) in [7, 11) is 0. The number of nitrogens with zero attached hydrogens (tertiary/aromatic N) is 1. The molecule has 0 radical (unpaired) electrons. The molecule has 4 unspecified atom stereocenters. The normalized spacial score (nSPS) is 25.5. The summed E-state index contributed by atoms with van der Waals surface area (Å²) in [6, 6.07) is 14.2. The zero-order valence-corrected chi connectivity index (χ0v) is 17.1. The summed E-state index contributed by atoms with van der Waals surface area (Å²) in [6.45, 7) is 2.97. The topological polar surface area (TPSA) is 94.1 Å². The third kappa shape index (κ3) is 3.76. The van der Waals surface area contributed by atoms with E-state index in [2.05, 4.69) is 17.8 Å². The Hall–Kier alpha value is -2.61. The van der Waals surface area contributed by atoms with Crippen molar-refractivity contribution in [3.63, 3.8) is 0 Å². The van der Waals surface area contributed by atoms with E-state index in [0.717, 1.165) is 29.7 Å². The first-order chi connectivity index (χ1) is 14.7. The SMILES string of the molecule is CCCCOc1ccc(C2C3C(NNC3c3ccccc3O)C(=O)N2CCO)cc1. The minimum atomic E-state index is -0.424. The van der Waals surface area contributed by atoms with E-state index in [0.29, 0.717) is 6.61 Å². The van der Waals surface area contributed by atoms with Crippen LogP contribution in [0.2, 0.25) is 0 Å². The van der Waals surface area contributed by atoms with Crippen LogP contribution in [-0.4, -0.2) is 46.8 Å². The van der Waals surface area contributed by atoms with Crippen molar-refractivity contribution in [3.8, 4) is 11.5 Å². The van der Waals surface area contributed by atoms with Gasteiger partial charge in [-0.25, -0.2) is 10.9 Å². The Bertz CT molecular complexity index is 873. The first-order valence-corrected chi connectivity index (χ1v) is 10.6. The van der Waals surface area contributed by atoms with E-state index in [1.165, 1.54) is 0 Å². The van der Waals surface area contributed by atoms with Gasteiger partial charge in [0.1, 0.15) is 17.5 Å². The lowest BCUT2D eigenvalue weighted by Gasteiger charge is -2.31.